The standard InChI is InChI=1S/C16H16N4O3/c1-4-9-13-10(7-8-17-9)20(16(23)14(13)19(2)3)11-5-6-12(21)18-15(11)22/h4,7-8,11H,1,5-6H2,2-3H3/p+1. The molecule has 1 aromatic rings. The van der Waals surface area contributed by atoms with Gasteiger partial charge in [-0.05, 0) is 18.6 Å². The Morgan fingerprint density at radius 2 is 2.13 bits per heavy atom. The van der Waals surface area contributed by atoms with Gasteiger partial charge in [0.05, 0.1) is 11.4 Å². The van der Waals surface area contributed by atoms with Gasteiger partial charge in [-0.25, -0.2) is 4.58 Å². The molecule has 7 heteroatoms. The summed E-state index contributed by atoms with van der Waals surface area (Å²) >= 11 is 0. The third-order valence-corrected chi connectivity index (χ3v) is 4.04. The number of aromatic nitrogens is 1. The molecule has 0 bridgehead atoms. The maximum Gasteiger partial charge on any atom is 0.324 e. The Hall–Kier alpha value is -2.83. The van der Waals surface area contributed by atoms with Crippen molar-refractivity contribution in [3.05, 3.63) is 30.1 Å². The zero-order valence-corrected chi connectivity index (χ0v) is 13.0. The van der Waals surface area contributed by atoms with Crippen LogP contribution in [0.25, 0.3) is 6.08 Å². The first-order chi connectivity index (χ1) is 11.0. The number of nitrogens with one attached hydrogen (secondary N) is 1. The van der Waals surface area contributed by atoms with Gasteiger partial charge in [0.15, 0.2) is 0 Å². The molecule has 3 amide bonds. The minimum absolute atomic E-state index is 0.215. The highest BCUT2D eigenvalue weighted by atomic mass is 16.2. The van der Waals surface area contributed by atoms with Crippen molar-refractivity contribution in [2.75, 3.05) is 19.0 Å². The average molecular weight is 313 g/mol. The minimum Gasteiger partial charge on any atom is -0.295 e. The SMILES string of the molecule is C=Cc1nccc2c1C(=[N+](C)C)C(=O)N2C1CCC(=O)NC1=O. The van der Waals surface area contributed by atoms with Gasteiger partial charge < -0.3 is 0 Å². The lowest BCUT2D eigenvalue weighted by atomic mass is 10.0. The van der Waals surface area contributed by atoms with E-state index in [1.54, 1.807) is 37.0 Å². The minimum atomic E-state index is -0.698. The molecule has 1 aromatic heterocycles. The zero-order valence-electron chi connectivity index (χ0n) is 13.0. The molecule has 3 heterocycles. The molecule has 0 aliphatic carbocycles. The Morgan fingerprint density at radius 3 is 2.74 bits per heavy atom. The molecule has 0 saturated carbocycles. The van der Waals surface area contributed by atoms with Crippen LogP contribution in [0.2, 0.25) is 0 Å². The number of nitrogens with zero attached hydrogens (tertiary/aromatic N) is 3. The van der Waals surface area contributed by atoms with Crippen molar-refractivity contribution in [3.63, 3.8) is 0 Å². The molecular formula is C16H17N4O3+. The second-order valence-electron chi connectivity index (χ2n) is 5.68. The number of rotatable bonds is 2. The quantitative estimate of drug-likeness (QED) is 0.612. The number of hydrogen-bond acceptors (Lipinski definition) is 4. The van der Waals surface area contributed by atoms with Crippen molar-refractivity contribution in [3.8, 4) is 0 Å². The smallest absolute Gasteiger partial charge is 0.295 e. The largest absolute Gasteiger partial charge is 0.324 e. The molecule has 2 aliphatic heterocycles. The van der Waals surface area contributed by atoms with Crippen LogP contribution < -0.4 is 10.2 Å². The monoisotopic (exact) mass is 313 g/mol. The van der Waals surface area contributed by atoms with Gasteiger partial charge in [-0.15, -0.1) is 0 Å². The number of carbonyl (C=O) groups excluding carboxylic acids is 3. The molecule has 1 unspecified atom stereocenters. The van der Waals surface area contributed by atoms with E-state index in [0.717, 1.165) is 0 Å². The predicted molar refractivity (Wildman–Crippen MR) is 84.2 cm³/mol. The van der Waals surface area contributed by atoms with Crippen molar-refractivity contribution in [1.82, 2.24) is 10.3 Å². The van der Waals surface area contributed by atoms with E-state index in [4.69, 9.17) is 0 Å². The summed E-state index contributed by atoms with van der Waals surface area (Å²) < 4.78 is 1.71. The lowest BCUT2D eigenvalue weighted by Crippen LogP contribution is -2.54. The summed E-state index contributed by atoms with van der Waals surface area (Å²) in [5.74, 6) is -1.02. The molecule has 0 spiro atoms. The molecule has 7 nitrogen and oxygen atoms in total. The third kappa shape index (κ3) is 2.25. The van der Waals surface area contributed by atoms with Crippen LogP contribution in [0.15, 0.2) is 18.8 Å². The number of amides is 3. The Morgan fingerprint density at radius 1 is 1.39 bits per heavy atom. The van der Waals surface area contributed by atoms with E-state index in [-0.39, 0.29) is 18.2 Å². The predicted octanol–water partition coefficient (Wildman–Crippen LogP) is -0.0624. The van der Waals surface area contributed by atoms with E-state index < -0.39 is 11.9 Å². The summed E-state index contributed by atoms with van der Waals surface area (Å²) in [6.07, 6.45) is 3.69. The second-order valence-corrected chi connectivity index (χ2v) is 5.68. The molecular weight excluding hydrogens is 296 g/mol. The van der Waals surface area contributed by atoms with E-state index in [0.29, 0.717) is 29.1 Å². The average Bonchev–Trinajstić information content (AvgIpc) is 2.79. The van der Waals surface area contributed by atoms with Crippen molar-refractivity contribution in [2.45, 2.75) is 18.9 Å². The molecule has 0 radical (unpaired) electrons. The molecule has 3 rings (SSSR count). The first kappa shape index (κ1) is 15.1. The van der Waals surface area contributed by atoms with E-state index in [1.165, 1.54) is 4.90 Å². The molecule has 1 atom stereocenters. The maximum atomic E-state index is 12.9. The van der Waals surface area contributed by atoms with Gasteiger partial charge in [-0.1, -0.05) is 6.58 Å². The summed E-state index contributed by atoms with van der Waals surface area (Å²) in [4.78, 5) is 42.2. The topological polar surface area (TPSA) is 82.4 Å². The maximum absolute atomic E-state index is 12.9. The Kier molecular flexibility index (Phi) is 3.55. The van der Waals surface area contributed by atoms with Crippen LogP contribution in [-0.2, 0) is 14.4 Å². The normalized spacial score (nSPS) is 20.4. The van der Waals surface area contributed by atoms with Crippen molar-refractivity contribution < 1.29 is 19.0 Å². The summed E-state index contributed by atoms with van der Waals surface area (Å²) in [7, 11) is 3.54. The Labute approximate surface area is 133 Å². The molecule has 0 aromatic carbocycles. The van der Waals surface area contributed by atoms with E-state index in [9.17, 15) is 14.4 Å². The number of fused-ring (bicyclic) bond motifs is 1. The fraction of sp³-hybridized carbons (Fsp3) is 0.312. The van der Waals surface area contributed by atoms with Gasteiger partial charge in [0.2, 0.25) is 11.8 Å². The van der Waals surface area contributed by atoms with Crippen molar-refractivity contribution in [1.29, 1.82) is 0 Å². The van der Waals surface area contributed by atoms with Gasteiger partial charge >= 0.3 is 5.91 Å². The van der Waals surface area contributed by atoms with Gasteiger partial charge in [0, 0.05) is 12.6 Å². The van der Waals surface area contributed by atoms with Crippen molar-refractivity contribution >= 4 is 35.2 Å². The van der Waals surface area contributed by atoms with Crippen LogP contribution in [0.1, 0.15) is 24.1 Å². The first-order valence-corrected chi connectivity index (χ1v) is 7.29. The van der Waals surface area contributed by atoms with Gasteiger partial charge in [-0.2, -0.15) is 0 Å². The number of hydrogen-bond donors (Lipinski definition) is 1. The van der Waals surface area contributed by atoms with Crippen molar-refractivity contribution in [2.24, 2.45) is 0 Å². The highest BCUT2D eigenvalue weighted by Gasteiger charge is 2.47. The highest BCUT2D eigenvalue weighted by Crippen LogP contribution is 2.34. The van der Waals surface area contributed by atoms with Crippen LogP contribution >= 0.6 is 0 Å². The summed E-state index contributed by atoms with van der Waals surface area (Å²) in [5, 5.41) is 2.30. The number of imide groups is 1. The molecule has 118 valence electrons. The number of carbonyl (C=O) groups is 3. The lowest BCUT2D eigenvalue weighted by Gasteiger charge is -2.29. The van der Waals surface area contributed by atoms with Crippen LogP contribution in [0.5, 0.6) is 0 Å². The fourth-order valence-electron chi connectivity index (χ4n) is 3.05. The lowest BCUT2D eigenvalue weighted by molar-refractivity contribution is -0.462. The molecule has 2 aliphatic rings. The molecule has 1 saturated heterocycles. The van der Waals surface area contributed by atoms with Crippen LogP contribution in [-0.4, -0.2) is 53.1 Å². The molecule has 1 N–H and O–H groups in total. The fourth-order valence-corrected chi connectivity index (χ4v) is 3.05. The number of anilines is 1. The molecule has 1 fully saturated rings. The van der Waals surface area contributed by atoms with Crippen LogP contribution in [0, 0.1) is 0 Å². The Bertz CT molecular complexity index is 778. The van der Waals surface area contributed by atoms with Gasteiger partial charge in [-0.3, -0.25) is 29.6 Å². The molecule has 23 heavy (non-hydrogen) atoms. The van der Waals surface area contributed by atoms with E-state index in [2.05, 4.69) is 16.9 Å². The van der Waals surface area contributed by atoms with Gasteiger partial charge in [0.1, 0.15) is 25.7 Å². The number of pyridine rings is 1. The second kappa shape index (κ2) is 5.42. The zero-order chi connectivity index (χ0) is 16.7. The summed E-state index contributed by atoms with van der Waals surface area (Å²) in [6, 6.07) is 1.01. The van der Waals surface area contributed by atoms with Gasteiger partial charge in [0.25, 0.3) is 5.71 Å². The third-order valence-electron chi connectivity index (χ3n) is 4.04. The summed E-state index contributed by atoms with van der Waals surface area (Å²) in [6.45, 7) is 3.74. The first-order valence-electron chi connectivity index (χ1n) is 7.29. The van der Waals surface area contributed by atoms with E-state index >= 15 is 0 Å². The number of piperidine rings is 1. The van der Waals surface area contributed by atoms with Crippen LogP contribution in [0.3, 0.4) is 0 Å². The van der Waals surface area contributed by atoms with Crippen LogP contribution in [0.4, 0.5) is 5.69 Å². The highest BCUT2D eigenvalue weighted by molar-refractivity contribution is 6.53. The summed E-state index contributed by atoms with van der Waals surface area (Å²) in [5.41, 5.74) is 2.35. The Balaban J connectivity index is 2.17. The van der Waals surface area contributed by atoms with E-state index in [1.807, 2.05) is 0 Å².